The number of benzene rings is 2. The lowest BCUT2D eigenvalue weighted by molar-refractivity contribution is 0.0878. The molecule has 1 unspecified atom stereocenters. The number of ether oxygens (including phenoxy) is 1. The lowest BCUT2D eigenvalue weighted by Gasteiger charge is -2.03. The summed E-state index contributed by atoms with van der Waals surface area (Å²) in [6.45, 7) is 1.78. The number of ketones is 1. The van der Waals surface area contributed by atoms with Crippen LogP contribution in [0.15, 0.2) is 48.5 Å². The maximum Gasteiger partial charge on any atom is 0.206 e. The highest BCUT2D eigenvalue weighted by Crippen LogP contribution is 2.32. The summed E-state index contributed by atoms with van der Waals surface area (Å²) >= 11 is 0. The predicted octanol–water partition coefficient (Wildman–Crippen LogP) is 3.32. The van der Waals surface area contributed by atoms with Crippen molar-refractivity contribution in [3.05, 3.63) is 54.1 Å². The van der Waals surface area contributed by atoms with Crippen LogP contribution in [0.5, 0.6) is 5.75 Å². The second-order valence-corrected chi connectivity index (χ2v) is 4.20. The molecule has 0 radical (unpaired) electrons. The zero-order valence-corrected chi connectivity index (χ0v) is 9.51. The summed E-state index contributed by atoms with van der Waals surface area (Å²) in [7, 11) is 0. The van der Waals surface area contributed by atoms with Crippen LogP contribution in [0.3, 0.4) is 0 Å². The van der Waals surface area contributed by atoms with Crippen molar-refractivity contribution in [1.82, 2.24) is 0 Å². The fourth-order valence-electron chi connectivity index (χ4n) is 2.10. The highest BCUT2D eigenvalue weighted by Gasteiger charge is 2.28. The van der Waals surface area contributed by atoms with Crippen molar-refractivity contribution >= 4 is 5.78 Å². The van der Waals surface area contributed by atoms with E-state index in [1.54, 1.807) is 6.92 Å². The second kappa shape index (κ2) is 3.74. The molecule has 0 bridgehead atoms. The molecule has 1 heterocycles. The lowest BCUT2D eigenvalue weighted by atomic mass is 10.0. The lowest BCUT2D eigenvalue weighted by Crippen LogP contribution is -2.14. The first kappa shape index (κ1) is 10.1. The molecule has 0 aromatic heterocycles. The monoisotopic (exact) mass is 224 g/mol. The predicted molar refractivity (Wildman–Crippen MR) is 66.3 cm³/mol. The van der Waals surface area contributed by atoms with Gasteiger partial charge >= 0.3 is 0 Å². The summed E-state index contributed by atoms with van der Waals surface area (Å²) in [6.07, 6.45) is -0.351. The van der Waals surface area contributed by atoms with Crippen molar-refractivity contribution in [2.24, 2.45) is 0 Å². The number of fused-ring (bicyclic) bond motifs is 1. The smallest absolute Gasteiger partial charge is 0.206 e. The Hall–Kier alpha value is -2.09. The molecule has 2 aromatic carbocycles. The Morgan fingerprint density at radius 2 is 1.76 bits per heavy atom. The fourth-order valence-corrected chi connectivity index (χ4v) is 2.10. The molecule has 1 aliphatic heterocycles. The zero-order valence-electron chi connectivity index (χ0n) is 9.51. The molecule has 1 atom stereocenters. The van der Waals surface area contributed by atoms with Gasteiger partial charge in [-0.3, -0.25) is 4.79 Å². The van der Waals surface area contributed by atoms with Gasteiger partial charge in [0, 0.05) is 0 Å². The minimum Gasteiger partial charge on any atom is -0.482 e. The molecule has 0 saturated carbocycles. The van der Waals surface area contributed by atoms with Gasteiger partial charge in [-0.15, -0.1) is 0 Å². The van der Waals surface area contributed by atoms with Crippen LogP contribution in [0.4, 0.5) is 0 Å². The third kappa shape index (κ3) is 1.62. The normalized spacial score (nSPS) is 17.7. The molecule has 2 aromatic rings. The van der Waals surface area contributed by atoms with Crippen molar-refractivity contribution in [1.29, 1.82) is 0 Å². The van der Waals surface area contributed by atoms with Crippen LogP contribution in [0, 0.1) is 0 Å². The third-order valence-corrected chi connectivity index (χ3v) is 3.03. The van der Waals surface area contributed by atoms with Crippen LogP contribution in [-0.4, -0.2) is 11.9 Å². The van der Waals surface area contributed by atoms with Gasteiger partial charge < -0.3 is 4.74 Å². The van der Waals surface area contributed by atoms with Crippen molar-refractivity contribution in [2.45, 2.75) is 13.0 Å². The Balaban J connectivity index is 2.09. The highest BCUT2D eigenvalue weighted by molar-refractivity contribution is 6.05. The molecular formula is C15H12O2. The van der Waals surface area contributed by atoms with Gasteiger partial charge in [0.15, 0.2) is 6.10 Å². The quantitative estimate of drug-likeness (QED) is 0.742. The van der Waals surface area contributed by atoms with E-state index in [1.807, 2.05) is 48.5 Å². The number of hydrogen-bond acceptors (Lipinski definition) is 2. The minimum absolute atomic E-state index is 0.0674. The molecule has 2 nitrogen and oxygen atoms in total. The van der Waals surface area contributed by atoms with E-state index in [0.717, 1.165) is 11.1 Å². The number of hydrogen-bond donors (Lipinski definition) is 0. The molecule has 17 heavy (non-hydrogen) atoms. The van der Waals surface area contributed by atoms with Crippen molar-refractivity contribution in [2.75, 3.05) is 0 Å². The number of carbonyl (C=O) groups excluding carboxylic acids is 1. The Labute approximate surface area is 99.9 Å². The molecule has 0 saturated heterocycles. The summed E-state index contributed by atoms with van der Waals surface area (Å²) in [5.74, 6) is 0.764. The van der Waals surface area contributed by atoms with E-state index in [9.17, 15) is 4.79 Å². The zero-order chi connectivity index (χ0) is 11.8. The van der Waals surface area contributed by atoms with Gasteiger partial charge in [0.1, 0.15) is 5.75 Å². The molecule has 0 spiro atoms. The Morgan fingerprint density at radius 3 is 2.53 bits per heavy atom. The van der Waals surface area contributed by atoms with Crippen molar-refractivity contribution < 1.29 is 9.53 Å². The van der Waals surface area contributed by atoms with Crippen LogP contribution >= 0.6 is 0 Å². The molecule has 3 rings (SSSR count). The van der Waals surface area contributed by atoms with E-state index in [0.29, 0.717) is 11.3 Å². The van der Waals surface area contributed by atoms with E-state index >= 15 is 0 Å². The summed E-state index contributed by atoms with van der Waals surface area (Å²) in [5, 5.41) is 0. The van der Waals surface area contributed by atoms with E-state index in [4.69, 9.17) is 4.74 Å². The second-order valence-electron chi connectivity index (χ2n) is 4.20. The molecular weight excluding hydrogens is 212 g/mol. The Kier molecular flexibility index (Phi) is 2.22. The topological polar surface area (TPSA) is 26.3 Å². The summed E-state index contributed by atoms with van der Waals surface area (Å²) in [5.41, 5.74) is 2.86. The van der Waals surface area contributed by atoms with Crippen LogP contribution in [0.2, 0.25) is 0 Å². The van der Waals surface area contributed by atoms with E-state index in [2.05, 4.69) is 0 Å². The molecule has 0 N–H and O–H groups in total. The molecule has 84 valence electrons. The Bertz CT molecular complexity index is 573. The first-order valence-electron chi connectivity index (χ1n) is 5.66. The molecule has 0 aliphatic carbocycles. The first-order chi connectivity index (χ1) is 8.25. The van der Waals surface area contributed by atoms with Crippen LogP contribution in [-0.2, 0) is 0 Å². The largest absolute Gasteiger partial charge is 0.482 e. The molecule has 0 fully saturated rings. The van der Waals surface area contributed by atoms with Crippen LogP contribution in [0.25, 0.3) is 11.1 Å². The van der Waals surface area contributed by atoms with E-state index in [-0.39, 0.29) is 11.9 Å². The Morgan fingerprint density at radius 1 is 1.00 bits per heavy atom. The summed E-state index contributed by atoms with van der Waals surface area (Å²) in [6, 6.07) is 15.8. The van der Waals surface area contributed by atoms with Gasteiger partial charge in [-0.25, -0.2) is 0 Å². The van der Waals surface area contributed by atoms with Crippen molar-refractivity contribution in [3.8, 4) is 16.9 Å². The molecule has 2 heteroatoms. The first-order valence-corrected chi connectivity index (χ1v) is 5.66. The van der Waals surface area contributed by atoms with Gasteiger partial charge in [-0.2, -0.15) is 0 Å². The van der Waals surface area contributed by atoms with E-state index in [1.165, 1.54) is 0 Å². The van der Waals surface area contributed by atoms with Gasteiger partial charge in [0.2, 0.25) is 5.78 Å². The van der Waals surface area contributed by atoms with Gasteiger partial charge in [-0.1, -0.05) is 36.4 Å². The standard InChI is InChI=1S/C15H12O2/c1-10-15(16)13-9-12(7-8-14(13)17-10)11-5-3-2-4-6-11/h2-10H,1H3. The van der Waals surface area contributed by atoms with Crippen molar-refractivity contribution in [3.63, 3.8) is 0 Å². The average molecular weight is 224 g/mol. The van der Waals surface area contributed by atoms with Gasteiger partial charge in [0.25, 0.3) is 0 Å². The SMILES string of the molecule is CC1Oc2ccc(-c3ccccc3)cc2C1=O. The highest BCUT2D eigenvalue weighted by atomic mass is 16.5. The van der Waals surface area contributed by atoms with Crippen LogP contribution < -0.4 is 4.74 Å². The number of rotatable bonds is 1. The summed E-state index contributed by atoms with van der Waals surface area (Å²) < 4.78 is 5.46. The molecule has 0 amide bonds. The third-order valence-electron chi connectivity index (χ3n) is 3.03. The molecule has 1 aliphatic rings. The average Bonchev–Trinajstić information content (AvgIpc) is 2.66. The maximum absolute atomic E-state index is 11.9. The maximum atomic E-state index is 11.9. The minimum atomic E-state index is -0.351. The number of carbonyl (C=O) groups is 1. The summed E-state index contributed by atoms with van der Waals surface area (Å²) in [4.78, 5) is 11.9. The number of Topliss-reactive ketones (excluding diaryl/α,β-unsaturated/α-hetero) is 1. The van der Waals surface area contributed by atoms with Crippen LogP contribution in [0.1, 0.15) is 17.3 Å². The fraction of sp³-hybridized carbons (Fsp3) is 0.133. The van der Waals surface area contributed by atoms with E-state index < -0.39 is 0 Å². The van der Waals surface area contributed by atoms with Gasteiger partial charge in [-0.05, 0) is 30.2 Å². The van der Waals surface area contributed by atoms with Gasteiger partial charge in [0.05, 0.1) is 5.56 Å².